The molecular formula is C18H24N4. The fourth-order valence-electron chi connectivity index (χ4n) is 3.31. The monoisotopic (exact) mass is 296 g/mol. The smallest absolute Gasteiger partial charge is 0.228 e. The van der Waals surface area contributed by atoms with Crippen molar-refractivity contribution in [3.05, 3.63) is 46.6 Å². The van der Waals surface area contributed by atoms with E-state index in [1.54, 1.807) is 0 Å². The SMILES string of the molecule is CCc1c(C)nc(N2CCCC2c2ccc(C)cc2)nc1N. The lowest BCUT2D eigenvalue weighted by Crippen LogP contribution is -2.25. The predicted molar refractivity (Wildman–Crippen MR) is 91.1 cm³/mol. The highest BCUT2D eigenvalue weighted by atomic mass is 15.3. The molecule has 116 valence electrons. The summed E-state index contributed by atoms with van der Waals surface area (Å²) in [6, 6.07) is 9.13. The zero-order chi connectivity index (χ0) is 15.7. The van der Waals surface area contributed by atoms with Gasteiger partial charge in [-0.25, -0.2) is 4.98 Å². The maximum absolute atomic E-state index is 6.13. The number of anilines is 2. The van der Waals surface area contributed by atoms with E-state index in [0.717, 1.165) is 43.0 Å². The molecule has 4 heteroatoms. The van der Waals surface area contributed by atoms with Crippen LogP contribution in [0, 0.1) is 13.8 Å². The molecule has 1 atom stereocenters. The highest BCUT2D eigenvalue weighted by Crippen LogP contribution is 2.35. The summed E-state index contributed by atoms with van der Waals surface area (Å²) in [5.41, 5.74) is 10.8. The lowest BCUT2D eigenvalue weighted by atomic mass is 10.0. The Morgan fingerprint density at radius 3 is 2.55 bits per heavy atom. The van der Waals surface area contributed by atoms with Gasteiger partial charge in [-0.2, -0.15) is 4.98 Å². The van der Waals surface area contributed by atoms with Gasteiger partial charge in [0.2, 0.25) is 5.95 Å². The molecule has 1 saturated heterocycles. The molecule has 4 nitrogen and oxygen atoms in total. The van der Waals surface area contributed by atoms with Crippen molar-refractivity contribution in [2.45, 2.75) is 46.1 Å². The van der Waals surface area contributed by atoms with Gasteiger partial charge in [0.25, 0.3) is 0 Å². The van der Waals surface area contributed by atoms with E-state index in [-0.39, 0.29) is 0 Å². The van der Waals surface area contributed by atoms with Crippen LogP contribution in [0.25, 0.3) is 0 Å². The lowest BCUT2D eigenvalue weighted by Gasteiger charge is -2.26. The molecular weight excluding hydrogens is 272 g/mol. The van der Waals surface area contributed by atoms with Crippen LogP contribution in [0.5, 0.6) is 0 Å². The number of hydrogen-bond donors (Lipinski definition) is 1. The third-order valence-electron chi connectivity index (χ3n) is 4.56. The van der Waals surface area contributed by atoms with E-state index in [2.05, 4.69) is 48.0 Å². The largest absolute Gasteiger partial charge is 0.383 e. The molecule has 2 heterocycles. The van der Waals surface area contributed by atoms with Gasteiger partial charge in [0.1, 0.15) is 5.82 Å². The summed E-state index contributed by atoms with van der Waals surface area (Å²) < 4.78 is 0. The van der Waals surface area contributed by atoms with Gasteiger partial charge >= 0.3 is 0 Å². The van der Waals surface area contributed by atoms with E-state index in [1.807, 2.05) is 6.92 Å². The summed E-state index contributed by atoms with van der Waals surface area (Å²) in [5.74, 6) is 1.40. The first-order valence-electron chi connectivity index (χ1n) is 8.06. The summed E-state index contributed by atoms with van der Waals surface area (Å²) >= 11 is 0. The maximum atomic E-state index is 6.13. The van der Waals surface area contributed by atoms with Crippen molar-refractivity contribution in [2.75, 3.05) is 17.2 Å². The van der Waals surface area contributed by atoms with Crippen molar-refractivity contribution >= 4 is 11.8 Å². The Morgan fingerprint density at radius 1 is 1.18 bits per heavy atom. The lowest BCUT2D eigenvalue weighted by molar-refractivity contribution is 0.699. The minimum Gasteiger partial charge on any atom is -0.383 e. The van der Waals surface area contributed by atoms with Crippen molar-refractivity contribution in [2.24, 2.45) is 0 Å². The number of nitrogens with two attached hydrogens (primary N) is 1. The van der Waals surface area contributed by atoms with Crippen LogP contribution in [0.1, 0.15) is 48.2 Å². The minimum absolute atomic E-state index is 0.354. The molecule has 1 aliphatic rings. The van der Waals surface area contributed by atoms with E-state index in [0.29, 0.717) is 11.9 Å². The molecule has 0 spiro atoms. The fraction of sp³-hybridized carbons (Fsp3) is 0.444. The molecule has 22 heavy (non-hydrogen) atoms. The molecule has 1 unspecified atom stereocenters. The molecule has 1 aromatic heterocycles. The molecule has 1 aromatic carbocycles. The third kappa shape index (κ3) is 2.65. The van der Waals surface area contributed by atoms with Gasteiger partial charge in [-0.3, -0.25) is 0 Å². The Balaban J connectivity index is 1.95. The van der Waals surface area contributed by atoms with E-state index < -0.39 is 0 Å². The second-order valence-corrected chi connectivity index (χ2v) is 6.09. The molecule has 2 N–H and O–H groups in total. The number of nitrogen functional groups attached to an aromatic ring is 1. The standard InChI is InChI=1S/C18H24N4/c1-4-15-13(3)20-18(21-17(15)19)22-11-5-6-16(22)14-9-7-12(2)8-10-14/h7-10,16H,4-6,11H2,1-3H3,(H2,19,20,21). The van der Waals surface area contributed by atoms with Gasteiger partial charge in [-0.15, -0.1) is 0 Å². The molecule has 0 bridgehead atoms. The Bertz CT molecular complexity index is 640. The van der Waals surface area contributed by atoms with Gasteiger partial charge in [0, 0.05) is 17.8 Å². The van der Waals surface area contributed by atoms with Crippen LogP contribution in [0.4, 0.5) is 11.8 Å². The normalized spacial score (nSPS) is 18.0. The molecule has 0 amide bonds. The van der Waals surface area contributed by atoms with Gasteiger partial charge in [0.05, 0.1) is 6.04 Å². The molecule has 1 aliphatic heterocycles. The van der Waals surface area contributed by atoms with E-state index in [1.165, 1.54) is 11.1 Å². The molecule has 0 radical (unpaired) electrons. The van der Waals surface area contributed by atoms with Crippen molar-refractivity contribution in [1.29, 1.82) is 0 Å². The fourth-order valence-corrected chi connectivity index (χ4v) is 3.31. The van der Waals surface area contributed by atoms with E-state index >= 15 is 0 Å². The first kappa shape index (κ1) is 14.8. The quantitative estimate of drug-likeness (QED) is 0.940. The number of benzene rings is 1. The summed E-state index contributed by atoms with van der Waals surface area (Å²) in [4.78, 5) is 11.6. The molecule has 0 aliphatic carbocycles. The summed E-state index contributed by atoms with van der Waals surface area (Å²) in [6.07, 6.45) is 3.18. The second kappa shape index (κ2) is 5.95. The van der Waals surface area contributed by atoms with Crippen molar-refractivity contribution in [3.63, 3.8) is 0 Å². The maximum Gasteiger partial charge on any atom is 0.228 e. The molecule has 1 fully saturated rings. The highest BCUT2D eigenvalue weighted by molar-refractivity contribution is 5.49. The van der Waals surface area contributed by atoms with Crippen LogP contribution in [-0.4, -0.2) is 16.5 Å². The van der Waals surface area contributed by atoms with Gasteiger partial charge in [0.15, 0.2) is 0 Å². The van der Waals surface area contributed by atoms with Crippen molar-refractivity contribution < 1.29 is 0 Å². The number of hydrogen-bond acceptors (Lipinski definition) is 4. The zero-order valence-corrected chi connectivity index (χ0v) is 13.6. The van der Waals surface area contributed by atoms with Gasteiger partial charge in [-0.1, -0.05) is 36.8 Å². The number of aromatic nitrogens is 2. The van der Waals surface area contributed by atoms with Gasteiger partial charge < -0.3 is 10.6 Å². The second-order valence-electron chi connectivity index (χ2n) is 6.09. The summed E-state index contributed by atoms with van der Waals surface area (Å²) in [5, 5.41) is 0. The Labute approximate surface area is 132 Å². The van der Waals surface area contributed by atoms with Crippen molar-refractivity contribution in [3.8, 4) is 0 Å². The molecule has 3 rings (SSSR count). The minimum atomic E-state index is 0.354. The molecule has 2 aromatic rings. The average molecular weight is 296 g/mol. The number of rotatable bonds is 3. The average Bonchev–Trinajstić information content (AvgIpc) is 2.97. The zero-order valence-electron chi connectivity index (χ0n) is 13.6. The van der Waals surface area contributed by atoms with Gasteiger partial charge in [-0.05, 0) is 38.7 Å². The van der Waals surface area contributed by atoms with E-state index in [9.17, 15) is 0 Å². The summed E-state index contributed by atoms with van der Waals surface area (Å²) in [6.45, 7) is 7.22. The Morgan fingerprint density at radius 2 is 1.91 bits per heavy atom. The van der Waals surface area contributed by atoms with E-state index in [4.69, 9.17) is 10.7 Å². The van der Waals surface area contributed by atoms with Crippen LogP contribution in [0.3, 0.4) is 0 Å². The first-order chi connectivity index (χ1) is 10.6. The Kier molecular flexibility index (Phi) is 4.01. The van der Waals surface area contributed by atoms with Crippen LogP contribution in [0.2, 0.25) is 0 Å². The number of aryl methyl sites for hydroxylation is 2. The highest BCUT2D eigenvalue weighted by Gasteiger charge is 2.28. The number of nitrogens with zero attached hydrogens (tertiary/aromatic N) is 3. The van der Waals surface area contributed by atoms with Crippen LogP contribution >= 0.6 is 0 Å². The predicted octanol–water partition coefficient (Wildman–Crippen LogP) is 3.58. The van der Waals surface area contributed by atoms with Crippen LogP contribution in [-0.2, 0) is 6.42 Å². The summed E-state index contributed by atoms with van der Waals surface area (Å²) in [7, 11) is 0. The van der Waals surface area contributed by atoms with Crippen molar-refractivity contribution in [1.82, 2.24) is 9.97 Å². The van der Waals surface area contributed by atoms with Crippen LogP contribution in [0.15, 0.2) is 24.3 Å². The first-order valence-corrected chi connectivity index (χ1v) is 8.06. The Hall–Kier alpha value is -2.10. The molecule has 0 saturated carbocycles. The topological polar surface area (TPSA) is 55.0 Å². The third-order valence-corrected chi connectivity index (χ3v) is 4.56. The van der Waals surface area contributed by atoms with Crippen LogP contribution < -0.4 is 10.6 Å².